The number of hydrogen-bond donors (Lipinski definition) is 2. The van der Waals surface area contributed by atoms with E-state index < -0.39 is 30.2 Å². The molecule has 2 heterocycles. The minimum absolute atomic E-state index is 0.0441. The molecule has 1 aliphatic heterocycles. The quantitative estimate of drug-likeness (QED) is 0.196. The van der Waals surface area contributed by atoms with E-state index >= 15 is 0 Å². The SMILES string of the molecule is CO[C@H]([C@@H](C)C(=O)N[C@@H](Cc1ccccc1)c1nccs1)[C@@H]1CCCN1C(=O)C[C@@H](OC)[C@H](C(C)C)N(C)C(=O)[C@@H](NC(=O)[C@H](C(C)C)N(C)C)C(C)C. The Morgan fingerprint density at radius 1 is 0.907 bits per heavy atom. The Kier molecular flexibility index (Phi) is 17.5. The number of thiazole rings is 1. The van der Waals surface area contributed by atoms with Crippen molar-refractivity contribution in [3.63, 3.8) is 0 Å². The molecule has 3 rings (SSSR count). The molecular formula is C41H66N6O6S. The Balaban J connectivity index is 1.76. The Bertz CT molecular complexity index is 1460. The minimum Gasteiger partial charge on any atom is -0.379 e. The maximum atomic E-state index is 14.2. The summed E-state index contributed by atoms with van der Waals surface area (Å²) in [5.41, 5.74) is 1.09. The topological polar surface area (TPSA) is 133 Å². The zero-order valence-corrected chi connectivity index (χ0v) is 35.4. The van der Waals surface area contributed by atoms with Crippen molar-refractivity contribution in [3.05, 3.63) is 52.5 Å². The average molecular weight is 771 g/mol. The lowest BCUT2D eigenvalue weighted by atomic mass is 9.91. The van der Waals surface area contributed by atoms with E-state index in [0.29, 0.717) is 19.4 Å². The van der Waals surface area contributed by atoms with Gasteiger partial charge in [0.1, 0.15) is 11.0 Å². The van der Waals surface area contributed by atoms with E-state index in [-0.39, 0.29) is 65.9 Å². The highest BCUT2D eigenvalue weighted by Crippen LogP contribution is 2.30. The van der Waals surface area contributed by atoms with Crippen molar-refractivity contribution in [2.75, 3.05) is 41.9 Å². The first-order valence-corrected chi connectivity index (χ1v) is 20.2. The maximum absolute atomic E-state index is 14.2. The van der Waals surface area contributed by atoms with Crippen molar-refractivity contribution in [3.8, 4) is 0 Å². The number of ether oxygens (including phenoxy) is 2. The Morgan fingerprint density at radius 3 is 2.09 bits per heavy atom. The molecule has 0 radical (unpaired) electrons. The number of nitrogens with one attached hydrogen (secondary N) is 2. The Labute approximate surface area is 327 Å². The molecular weight excluding hydrogens is 705 g/mol. The summed E-state index contributed by atoms with van der Waals surface area (Å²) in [6, 6.07) is 7.81. The second kappa shape index (κ2) is 21.1. The summed E-state index contributed by atoms with van der Waals surface area (Å²) < 4.78 is 12.0. The smallest absolute Gasteiger partial charge is 0.245 e. The van der Waals surface area contributed by atoms with Gasteiger partial charge in [-0.3, -0.25) is 24.1 Å². The van der Waals surface area contributed by atoms with Gasteiger partial charge in [0.15, 0.2) is 0 Å². The average Bonchev–Trinajstić information content (AvgIpc) is 3.83. The van der Waals surface area contributed by atoms with Crippen molar-refractivity contribution < 1.29 is 28.7 Å². The number of benzene rings is 1. The largest absolute Gasteiger partial charge is 0.379 e. The molecule has 1 aliphatic rings. The molecule has 0 spiro atoms. The van der Waals surface area contributed by atoms with Crippen molar-refractivity contribution in [1.82, 2.24) is 30.3 Å². The summed E-state index contributed by atoms with van der Waals surface area (Å²) in [7, 11) is 8.61. The van der Waals surface area contributed by atoms with Gasteiger partial charge in [0.25, 0.3) is 0 Å². The predicted molar refractivity (Wildman–Crippen MR) is 214 cm³/mol. The minimum atomic E-state index is -0.751. The van der Waals surface area contributed by atoms with E-state index in [2.05, 4.69) is 15.6 Å². The fourth-order valence-corrected chi connectivity index (χ4v) is 8.75. The van der Waals surface area contributed by atoms with Gasteiger partial charge in [-0.2, -0.15) is 0 Å². The van der Waals surface area contributed by atoms with Crippen LogP contribution in [0.2, 0.25) is 0 Å². The van der Waals surface area contributed by atoms with E-state index in [0.717, 1.165) is 17.0 Å². The van der Waals surface area contributed by atoms with E-state index in [4.69, 9.17) is 9.47 Å². The fourth-order valence-electron chi connectivity index (χ4n) is 8.06. The van der Waals surface area contributed by atoms with Crippen LogP contribution in [0.25, 0.3) is 0 Å². The van der Waals surface area contributed by atoms with E-state index in [1.807, 2.05) is 108 Å². The van der Waals surface area contributed by atoms with Crippen LogP contribution < -0.4 is 10.6 Å². The number of rotatable bonds is 20. The molecule has 0 saturated carbocycles. The van der Waals surface area contributed by atoms with Crippen LogP contribution in [-0.2, 0) is 35.1 Å². The highest BCUT2D eigenvalue weighted by atomic mass is 32.1. The maximum Gasteiger partial charge on any atom is 0.245 e. The van der Waals surface area contributed by atoms with Crippen LogP contribution in [0.1, 0.15) is 84.3 Å². The van der Waals surface area contributed by atoms with Crippen LogP contribution in [0, 0.1) is 23.7 Å². The fraction of sp³-hybridized carbons (Fsp3) is 0.683. The number of likely N-dealkylation sites (tertiary alicyclic amines) is 1. The molecule has 1 aromatic carbocycles. The lowest BCUT2D eigenvalue weighted by Crippen LogP contribution is -2.59. The van der Waals surface area contributed by atoms with Crippen LogP contribution >= 0.6 is 11.3 Å². The van der Waals surface area contributed by atoms with Gasteiger partial charge in [-0.1, -0.05) is 78.8 Å². The number of methoxy groups -OCH3 is 2. The highest BCUT2D eigenvalue weighted by molar-refractivity contribution is 7.09. The van der Waals surface area contributed by atoms with E-state index in [1.165, 1.54) is 11.3 Å². The summed E-state index contributed by atoms with van der Waals surface area (Å²) in [4.78, 5) is 65.5. The molecule has 13 heteroatoms. The third-order valence-corrected chi connectivity index (χ3v) is 11.6. The first-order chi connectivity index (χ1) is 25.5. The molecule has 4 amide bonds. The second-order valence-corrected chi connectivity index (χ2v) is 16.9. The number of amides is 4. The number of hydrogen-bond acceptors (Lipinski definition) is 9. The first-order valence-electron chi connectivity index (χ1n) is 19.4. The second-order valence-electron chi connectivity index (χ2n) is 16.0. The van der Waals surface area contributed by atoms with Crippen LogP contribution in [0.3, 0.4) is 0 Å². The number of carbonyl (C=O) groups excluding carboxylic acids is 4. The van der Waals surface area contributed by atoms with Crippen molar-refractivity contribution in [1.29, 1.82) is 0 Å². The molecule has 2 N–H and O–H groups in total. The van der Waals surface area contributed by atoms with Crippen LogP contribution in [0.5, 0.6) is 0 Å². The molecule has 54 heavy (non-hydrogen) atoms. The third kappa shape index (κ3) is 11.6. The van der Waals surface area contributed by atoms with Gasteiger partial charge < -0.3 is 29.9 Å². The zero-order valence-electron chi connectivity index (χ0n) is 34.6. The summed E-state index contributed by atoms with van der Waals surface area (Å²) in [5.74, 6) is -1.42. The van der Waals surface area contributed by atoms with Gasteiger partial charge in [0, 0.05) is 39.4 Å². The van der Waals surface area contributed by atoms with Gasteiger partial charge in [-0.15, -0.1) is 11.3 Å². The zero-order chi connectivity index (χ0) is 40.3. The normalized spacial score (nSPS) is 18.7. The van der Waals surface area contributed by atoms with Crippen LogP contribution in [0.15, 0.2) is 41.9 Å². The monoisotopic (exact) mass is 770 g/mol. The molecule has 0 aliphatic carbocycles. The van der Waals surface area contributed by atoms with Crippen molar-refractivity contribution >= 4 is 35.0 Å². The molecule has 8 atom stereocenters. The number of aromatic nitrogens is 1. The van der Waals surface area contributed by atoms with E-state index in [9.17, 15) is 19.2 Å². The van der Waals surface area contributed by atoms with Gasteiger partial charge in [0.05, 0.1) is 48.7 Å². The first kappa shape index (κ1) is 45.0. The lowest BCUT2D eigenvalue weighted by molar-refractivity contribution is -0.147. The summed E-state index contributed by atoms with van der Waals surface area (Å²) >= 11 is 1.50. The van der Waals surface area contributed by atoms with Gasteiger partial charge >= 0.3 is 0 Å². The van der Waals surface area contributed by atoms with Gasteiger partial charge in [-0.05, 0) is 56.7 Å². The Hall–Kier alpha value is -3.39. The molecule has 0 bridgehead atoms. The Morgan fingerprint density at radius 2 is 1.57 bits per heavy atom. The van der Waals surface area contributed by atoms with Gasteiger partial charge in [-0.25, -0.2) is 4.98 Å². The number of carbonyl (C=O) groups is 4. The molecule has 1 fully saturated rings. The van der Waals surface area contributed by atoms with E-state index in [1.54, 1.807) is 32.4 Å². The van der Waals surface area contributed by atoms with Crippen molar-refractivity contribution in [2.24, 2.45) is 23.7 Å². The van der Waals surface area contributed by atoms with Crippen molar-refractivity contribution in [2.45, 2.75) is 117 Å². The summed E-state index contributed by atoms with van der Waals surface area (Å²) in [6.45, 7) is 14.2. The van der Waals surface area contributed by atoms with Crippen LogP contribution in [-0.4, -0.2) is 122 Å². The highest BCUT2D eigenvalue weighted by Gasteiger charge is 2.43. The lowest BCUT2D eigenvalue weighted by Gasteiger charge is -2.40. The molecule has 302 valence electrons. The molecule has 1 saturated heterocycles. The summed E-state index contributed by atoms with van der Waals surface area (Å²) in [5, 5.41) is 9.00. The van der Waals surface area contributed by atoms with Crippen LogP contribution in [0.4, 0.5) is 0 Å². The number of likely N-dealkylation sites (N-methyl/N-ethyl adjacent to an activating group) is 2. The standard InChI is InChI=1S/C41H66N6O6S/c1-25(2)34(44-39(50)36(27(5)6)45(8)9)41(51)46(10)35(26(3)4)32(52-11)24-33(48)47-21-16-19-31(47)37(53-12)28(7)38(49)43-30(40-42-20-22-54-40)23-29-17-14-13-15-18-29/h13-15,17-18,20,22,25-28,30-32,34-37H,16,19,21,23-24H2,1-12H3,(H,43,49)(H,44,50)/t28-,30+,31+,32-,34+,35+,36+,37-/m1/s1. The van der Waals surface area contributed by atoms with Gasteiger partial charge in [0.2, 0.25) is 23.6 Å². The number of nitrogens with zero attached hydrogens (tertiary/aromatic N) is 4. The molecule has 12 nitrogen and oxygen atoms in total. The molecule has 2 aromatic rings. The summed E-state index contributed by atoms with van der Waals surface area (Å²) in [6.07, 6.45) is 2.72. The molecule has 0 unspecified atom stereocenters. The predicted octanol–water partition coefficient (Wildman–Crippen LogP) is 4.80. The molecule has 1 aromatic heterocycles. The third-order valence-electron chi connectivity index (χ3n) is 10.8.